The predicted molar refractivity (Wildman–Crippen MR) is 93.6 cm³/mol. The van der Waals surface area contributed by atoms with E-state index in [2.05, 4.69) is 55.1 Å². The van der Waals surface area contributed by atoms with Crippen molar-refractivity contribution in [3.8, 4) is 5.75 Å². The maximum Gasteiger partial charge on any atom is 0.183 e. The molecule has 0 spiro atoms. The van der Waals surface area contributed by atoms with Gasteiger partial charge in [-0.15, -0.1) is 0 Å². The molecule has 3 heteroatoms. The largest absolute Gasteiger partial charge is 0.497 e. The maximum absolute atomic E-state index is 5.25. The van der Waals surface area contributed by atoms with Gasteiger partial charge in [-0.2, -0.15) is 0 Å². The summed E-state index contributed by atoms with van der Waals surface area (Å²) in [5, 5.41) is 0. The van der Waals surface area contributed by atoms with Crippen molar-refractivity contribution in [1.82, 2.24) is 0 Å². The molecule has 114 valence electrons. The van der Waals surface area contributed by atoms with Crippen LogP contribution in [-0.4, -0.2) is 38.6 Å². The van der Waals surface area contributed by atoms with Crippen LogP contribution in [0.15, 0.2) is 36.4 Å². The van der Waals surface area contributed by atoms with Crippen molar-refractivity contribution in [2.24, 2.45) is 0 Å². The molecule has 1 aromatic rings. The summed E-state index contributed by atoms with van der Waals surface area (Å²) in [6.07, 6.45) is 2.42. The molecule has 1 aliphatic rings. The second-order valence-electron chi connectivity index (χ2n) is 7.19. The van der Waals surface area contributed by atoms with E-state index in [1.54, 1.807) is 7.11 Å². The minimum atomic E-state index is -1.06. The van der Waals surface area contributed by atoms with Crippen LogP contribution in [0.3, 0.4) is 0 Å². The molecular formula is C18H28NOSi+. The fraction of sp³-hybridized carbons (Fsp3) is 0.500. The summed E-state index contributed by atoms with van der Waals surface area (Å²) in [7, 11) is 0.655. The van der Waals surface area contributed by atoms with Gasteiger partial charge in [-0.3, -0.25) is 0 Å². The Labute approximate surface area is 130 Å². The molecule has 21 heavy (non-hydrogen) atoms. The van der Waals surface area contributed by atoms with Crippen LogP contribution in [0.1, 0.15) is 18.4 Å². The molecule has 0 N–H and O–H groups in total. The molecule has 0 fully saturated rings. The third-order valence-electron chi connectivity index (χ3n) is 3.84. The quantitative estimate of drug-likeness (QED) is 0.436. The van der Waals surface area contributed by atoms with Gasteiger partial charge in [0.1, 0.15) is 12.3 Å². The number of methoxy groups -OCH3 is 1. The number of hydrogen-bond acceptors (Lipinski definition) is 1. The fourth-order valence-electron chi connectivity index (χ4n) is 3.09. The Morgan fingerprint density at radius 2 is 1.90 bits per heavy atom. The van der Waals surface area contributed by atoms with Crippen molar-refractivity contribution in [2.45, 2.75) is 38.5 Å². The highest BCUT2D eigenvalue weighted by Crippen LogP contribution is 2.20. The Hall–Kier alpha value is -1.35. The van der Waals surface area contributed by atoms with Gasteiger partial charge < -0.3 is 4.74 Å². The van der Waals surface area contributed by atoms with Crippen molar-refractivity contribution in [3.63, 3.8) is 0 Å². The van der Waals surface area contributed by atoms with Gasteiger partial charge in [0, 0.05) is 26.5 Å². The van der Waals surface area contributed by atoms with E-state index in [4.69, 9.17) is 4.74 Å². The SMILES string of the molecule is C=C(C[N+]1=C(c2ccc(OC)cc2)CCC1)C[Si](C)(C)C. The zero-order chi connectivity index (χ0) is 15.5. The molecule has 2 rings (SSSR count). The summed E-state index contributed by atoms with van der Waals surface area (Å²) in [5.41, 5.74) is 4.19. The highest BCUT2D eigenvalue weighted by Gasteiger charge is 2.25. The first-order valence-electron chi connectivity index (χ1n) is 7.81. The second kappa shape index (κ2) is 6.61. The van der Waals surface area contributed by atoms with E-state index in [1.165, 1.54) is 35.7 Å². The van der Waals surface area contributed by atoms with Crippen molar-refractivity contribution < 1.29 is 9.31 Å². The molecule has 0 saturated carbocycles. The normalized spacial score (nSPS) is 15.4. The topological polar surface area (TPSA) is 12.2 Å². The van der Waals surface area contributed by atoms with Crippen molar-refractivity contribution in [1.29, 1.82) is 0 Å². The van der Waals surface area contributed by atoms with Crippen molar-refractivity contribution >= 4 is 13.8 Å². The predicted octanol–water partition coefficient (Wildman–Crippen LogP) is 4.19. The number of hydrogen-bond donors (Lipinski definition) is 0. The molecule has 2 nitrogen and oxygen atoms in total. The van der Waals surface area contributed by atoms with E-state index >= 15 is 0 Å². The molecule has 0 bridgehead atoms. The lowest BCUT2D eigenvalue weighted by Crippen LogP contribution is -2.25. The van der Waals surface area contributed by atoms with Gasteiger partial charge in [0.2, 0.25) is 0 Å². The van der Waals surface area contributed by atoms with Crippen LogP contribution in [-0.2, 0) is 0 Å². The highest BCUT2D eigenvalue weighted by atomic mass is 28.3. The summed E-state index contributed by atoms with van der Waals surface area (Å²) >= 11 is 0. The lowest BCUT2D eigenvalue weighted by molar-refractivity contribution is -0.511. The van der Waals surface area contributed by atoms with Gasteiger partial charge in [0.25, 0.3) is 0 Å². The highest BCUT2D eigenvalue weighted by molar-refractivity contribution is 6.76. The minimum Gasteiger partial charge on any atom is -0.497 e. The number of nitrogens with zero attached hydrogens (tertiary/aromatic N) is 1. The smallest absolute Gasteiger partial charge is 0.183 e. The third kappa shape index (κ3) is 4.56. The van der Waals surface area contributed by atoms with Gasteiger partial charge in [-0.05, 0) is 35.9 Å². The van der Waals surface area contributed by atoms with Gasteiger partial charge in [-0.1, -0.05) is 26.2 Å². The standard InChI is InChI=1S/C18H28NOSi/c1-15(14-21(3,4)5)13-19-12-6-7-18(19)16-8-10-17(20-2)11-9-16/h8-11H,1,6-7,12-14H2,2-5H3/q+1. The van der Waals surface area contributed by atoms with Gasteiger partial charge in [-0.25, -0.2) is 4.58 Å². The molecule has 0 atom stereocenters. The Morgan fingerprint density at radius 3 is 2.48 bits per heavy atom. The van der Waals surface area contributed by atoms with E-state index in [-0.39, 0.29) is 0 Å². The average Bonchev–Trinajstić information content (AvgIpc) is 2.84. The van der Waals surface area contributed by atoms with E-state index in [0.717, 1.165) is 18.8 Å². The molecule has 1 heterocycles. The molecule has 0 saturated heterocycles. The Balaban J connectivity index is 2.14. The average molecular weight is 303 g/mol. The summed E-state index contributed by atoms with van der Waals surface area (Å²) in [4.78, 5) is 0. The van der Waals surface area contributed by atoms with Gasteiger partial charge in [0.15, 0.2) is 12.3 Å². The molecule has 1 aliphatic heterocycles. The molecule has 0 amide bonds. The van der Waals surface area contributed by atoms with Crippen molar-refractivity contribution in [2.75, 3.05) is 20.2 Å². The first kappa shape index (κ1) is 16.0. The van der Waals surface area contributed by atoms with E-state index in [1.807, 2.05) is 0 Å². The molecule has 0 radical (unpaired) electrons. The minimum absolute atomic E-state index is 0.923. The Morgan fingerprint density at radius 1 is 1.24 bits per heavy atom. The summed E-state index contributed by atoms with van der Waals surface area (Å²) in [5.74, 6) is 0.923. The monoisotopic (exact) mass is 302 g/mol. The lowest BCUT2D eigenvalue weighted by atomic mass is 10.1. The van der Waals surface area contributed by atoms with Gasteiger partial charge >= 0.3 is 0 Å². The van der Waals surface area contributed by atoms with Crippen LogP contribution in [0.25, 0.3) is 0 Å². The van der Waals surface area contributed by atoms with Crippen LogP contribution in [0, 0.1) is 0 Å². The number of rotatable bonds is 6. The van der Waals surface area contributed by atoms with Gasteiger partial charge in [0.05, 0.1) is 7.11 Å². The molecular weight excluding hydrogens is 274 g/mol. The van der Waals surface area contributed by atoms with E-state index < -0.39 is 8.07 Å². The number of benzene rings is 1. The molecule has 0 unspecified atom stereocenters. The molecule has 0 aromatic heterocycles. The van der Waals surface area contributed by atoms with E-state index in [0.29, 0.717) is 0 Å². The Bertz CT molecular complexity index is 537. The fourth-order valence-corrected chi connectivity index (χ4v) is 4.70. The van der Waals surface area contributed by atoms with Crippen LogP contribution in [0.5, 0.6) is 5.75 Å². The zero-order valence-electron chi connectivity index (χ0n) is 13.9. The Kier molecular flexibility index (Phi) is 5.04. The van der Waals surface area contributed by atoms with Crippen LogP contribution < -0.4 is 4.74 Å². The van der Waals surface area contributed by atoms with Crippen LogP contribution in [0.2, 0.25) is 25.7 Å². The molecule has 1 aromatic carbocycles. The van der Waals surface area contributed by atoms with Crippen molar-refractivity contribution in [3.05, 3.63) is 42.0 Å². The first-order chi connectivity index (χ1) is 9.89. The third-order valence-corrected chi connectivity index (χ3v) is 5.40. The number of ether oxygens (including phenoxy) is 1. The summed E-state index contributed by atoms with van der Waals surface area (Å²) < 4.78 is 7.76. The van der Waals surface area contributed by atoms with Crippen LogP contribution >= 0.6 is 0 Å². The zero-order valence-corrected chi connectivity index (χ0v) is 14.9. The first-order valence-corrected chi connectivity index (χ1v) is 11.5. The molecule has 0 aliphatic carbocycles. The summed E-state index contributed by atoms with van der Waals surface area (Å²) in [6, 6.07) is 9.67. The second-order valence-corrected chi connectivity index (χ2v) is 12.7. The lowest BCUT2D eigenvalue weighted by Gasteiger charge is -2.16. The van der Waals surface area contributed by atoms with Crippen LogP contribution in [0.4, 0.5) is 0 Å². The maximum atomic E-state index is 5.25. The van der Waals surface area contributed by atoms with E-state index in [9.17, 15) is 0 Å². The summed E-state index contributed by atoms with van der Waals surface area (Å²) in [6.45, 7) is 13.7.